The van der Waals surface area contributed by atoms with Crippen molar-refractivity contribution in [3.63, 3.8) is 0 Å². The van der Waals surface area contributed by atoms with Gasteiger partial charge in [-0.1, -0.05) is 0 Å². The van der Waals surface area contributed by atoms with E-state index in [4.69, 9.17) is 9.47 Å². The van der Waals surface area contributed by atoms with Crippen molar-refractivity contribution in [2.45, 2.75) is 26.3 Å². The fourth-order valence-corrected chi connectivity index (χ4v) is 2.94. The first-order chi connectivity index (χ1) is 9.72. The van der Waals surface area contributed by atoms with Crippen LogP contribution in [0.15, 0.2) is 24.3 Å². The molecule has 1 unspecified atom stereocenters. The van der Waals surface area contributed by atoms with Gasteiger partial charge in [-0.3, -0.25) is 4.79 Å². The van der Waals surface area contributed by atoms with E-state index in [2.05, 4.69) is 16.7 Å². The summed E-state index contributed by atoms with van der Waals surface area (Å²) in [4.78, 5) is 11.9. The first-order valence-corrected chi connectivity index (χ1v) is 7.05. The van der Waals surface area contributed by atoms with Crippen LogP contribution >= 0.6 is 0 Å². The molecule has 0 aliphatic carbocycles. The number of nitrogens with zero attached hydrogens (tertiary/aromatic N) is 1. The van der Waals surface area contributed by atoms with Gasteiger partial charge < -0.3 is 14.0 Å². The Kier molecular flexibility index (Phi) is 3.38. The number of fused-ring (bicyclic) bond motifs is 3. The molecule has 2 heterocycles. The highest BCUT2D eigenvalue weighted by Crippen LogP contribution is 2.30. The van der Waals surface area contributed by atoms with Crippen LogP contribution in [0.4, 0.5) is 0 Å². The van der Waals surface area contributed by atoms with E-state index >= 15 is 0 Å². The monoisotopic (exact) mass is 273 g/mol. The van der Waals surface area contributed by atoms with Crippen molar-refractivity contribution in [3.8, 4) is 5.75 Å². The minimum atomic E-state index is -0.0755. The summed E-state index contributed by atoms with van der Waals surface area (Å²) in [6, 6.07) is 8.26. The number of hydrogen-bond acceptors (Lipinski definition) is 3. The summed E-state index contributed by atoms with van der Waals surface area (Å²) >= 11 is 0. The first-order valence-electron chi connectivity index (χ1n) is 7.05. The highest BCUT2D eigenvalue weighted by atomic mass is 16.5. The Labute approximate surface area is 118 Å². The molecule has 0 saturated carbocycles. The highest BCUT2D eigenvalue weighted by Gasteiger charge is 2.26. The molecule has 1 aliphatic heterocycles. The Hall–Kier alpha value is -1.97. The third-order valence-electron chi connectivity index (χ3n) is 3.97. The molecular formula is C16H19NO3. The minimum Gasteiger partial charge on any atom is -0.497 e. The third-order valence-corrected chi connectivity index (χ3v) is 3.97. The van der Waals surface area contributed by atoms with Crippen molar-refractivity contribution in [3.05, 3.63) is 30.0 Å². The summed E-state index contributed by atoms with van der Waals surface area (Å²) < 4.78 is 12.6. The molecule has 4 nitrogen and oxygen atoms in total. The van der Waals surface area contributed by atoms with Gasteiger partial charge in [0.25, 0.3) is 0 Å². The second kappa shape index (κ2) is 5.19. The molecule has 106 valence electrons. The van der Waals surface area contributed by atoms with E-state index in [0.717, 1.165) is 24.1 Å². The first kappa shape index (κ1) is 13.0. The summed E-state index contributed by atoms with van der Waals surface area (Å²) in [7, 11) is 1.67. The number of methoxy groups -OCH3 is 1. The number of carbonyl (C=O) groups excluding carboxylic acids is 1. The summed E-state index contributed by atoms with van der Waals surface area (Å²) in [5.41, 5.74) is 2.45. The van der Waals surface area contributed by atoms with Crippen molar-refractivity contribution in [2.24, 2.45) is 5.92 Å². The largest absolute Gasteiger partial charge is 0.497 e. The minimum absolute atomic E-state index is 0.0276. The summed E-state index contributed by atoms with van der Waals surface area (Å²) in [5.74, 6) is 0.760. The van der Waals surface area contributed by atoms with E-state index < -0.39 is 0 Å². The van der Waals surface area contributed by atoms with Gasteiger partial charge in [0.05, 0.1) is 19.6 Å². The molecule has 1 aromatic heterocycles. The number of aryl methyl sites for hydroxylation is 1. The summed E-state index contributed by atoms with van der Waals surface area (Å²) in [6.07, 6.45) is 1.78. The number of rotatable bonds is 3. The number of aromatic nitrogens is 1. The zero-order valence-electron chi connectivity index (χ0n) is 11.9. The van der Waals surface area contributed by atoms with Crippen molar-refractivity contribution in [1.82, 2.24) is 4.57 Å². The van der Waals surface area contributed by atoms with Crippen LogP contribution < -0.4 is 4.74 Å². The Morgan fingerprint density at radius 1 is 1.40 bits per heavy atom. The zero-order valence-corrected chi connectivity index (χ0v) is 11.9. The van der Waals surface area contributed by atoms with Crippen LogP contribution in [-0.2, 0) is 22.5 Å². The molecule has 2 aromatic rings. The maximum absolute atomic E-state index is 11.9. The van der Waals surface area contributed by atoms with Gasteiger partial charge in [0.2, 0.25) is 0 Å². The van der Waals surface area contributed by atoms with Gasteiger partial charge in [0.15, 0.2) is 0 Å². The Balaban J connectivity index is 1.94. The smallest absolute Gasteiger partial charge is 0.310 e. The van der Waals surface area contributed by atoms with Crippen molar-refractivity contribution < 1.29 is 14.3 Å². The van der Waals surface area contributed by atoms with Crippen LogP contribution in [0.25, 0.3) is 10.9 Å². The standard InChI is InChI=1S/C16H19NO3/c1-3-20-16(18)11-4-5-13-8-12-9-14(19-2)6-7-15(12)17(13)10-11/h6-9,11H,3-5,10H2,1-2H3. The maximum Gasteiger partial charge on any atom is 0.310 e. The van der Waals surface area contributed by atoms with E-state index in [1.807, 2.05) is 19.1 Å². The molecule has 0 bridgehead atoms. The molecule has 0 fully saturated rings. The lowest BCUT2D eigenvalue weighted by Crippen LogP contribution is -2.28. The second-order valence-corrected chi connectivity index (χ2v) is 5.16. The number of esters is 1. The quantitative estimate of drug-likeness (QED) is 0.807. The van der Waals surface area contributed by atoms with Crippen LogP contribution in [0.1, 0.15) is 19.0 Å². The van der Waals surface area contributed by atoms with E-state index in [0.29, 0.717) is 13.2 Å². The van der Waals surface area contributed by atoms with Crippen LogP contribution in [0.2, 0.25) is 0 Å². The molecule has 1 aliphatic rings. The Bertz CT molecular complexity index is 644. The predicted octanol–water partition coefficient (Wildman–Crippen LogP) is 2.78. The Morgan fingerprint density at radius 3 is 3.00 bits per heavy atom. The van der Waals surface area contributed by atoms with Gasteiger partial charge in [0, 0.05) is 23.1 Å². The van der Waals surface area contributed by atoms with E-state index in [9.17, 15) is 4.79 Å². The number of ether oxygens (including phenoxy) is 2. The molecule has 4 heteroatoms. The van der Waals surface area contributed by atoms with Crippen LogP contribution in [0.5, 0.6) is 5.75 Å². The average Bonchev–Trinajstić information content (AvgIpc) is 2.83. The highest BCUT2D eigenvalue weighted by molar-refractivity contribution is 5.83. The summed E-state index contributed by atoms with van der Waals surface area (Å²) in [6.45, 7) is 3.01. The van der Waals surface area contributed by atoms with Crippen LogP contribution in [0, 0.1) is 5.92 Å². The summed E-state index contributed by atoms with van der Waals surface area (Å²) in [5, 5.41) is 1.17. The molecule has 0 saturated heterocycles. The predicted molar refractivity (Wildman–Crippen MR) is 76.9 cm³/mol. The zero-order chi connectivity index (χ0) is 14.1. The molecule has 1 atom stereocenters. The number of carbonyl (C=O) groups is 1. The lowest BCUT2D eigenvalue weighted by atomic mass is 9.98. The van der Waals surface area contributed by atoms with Gasteiger partial charge in [-0.15, -0.1) is 0 Å². The molecule has 20 heavy (non-hydrogen) atoms. The lowest BCUT2D eigenvalue weighted by Gasteiger charge is -2.23. The Morgan fingerprint density at radius 2 is 2.25 bits per heavy atom. The second-order valence-electron chi connectivity index (χ2n) is 5.16. The van der Waals surface area contributed by atoms with E-state index in [-0.39, 0.29) is 11.9 Å². The van der Waals surface area contributed by atoms with Gasteiger partial charge in [-0.05, 0) is 44.0 Å². The van der Waals surface area contributed by atoms with Crippen LogP contribution in [-0.4, -0.2) is 24.3 Å². The van der Waals surface area contributed by atoms with Crippen molar-refractivity contribution in [2.75, 3.05) is 13.7 Å². The van der Waals surface area contributed by atoms with Gasteiger partial charge in [-0.25, -0.2) is 0 Å². The molecule has 0 spiro atoms. The number of benzene rings is 1. The molecule has 3 rings (SSSR count). The third kappa shape index (κ3) is 2.15. The van der Waals surface area contributed by atoms with E-state index in [1.165, 1.54) is 11.1 Å². The van der Waals surface area contributed by atoms with Crippen molar-refractivity contribution >= 4 is 16.9 Å². The molecule has 0 amide bonds. The van der Waals surface area contributed by atoms with Crippen molar-refractivity contribution in [1.29, 1.82) is 0 Å². The SMILES string of the molecule is CCOC(=O)C1CCc2cc3cc(OC)ccc3n2C1. The fraction of sp³-hybridized carbons (Fsp3) is 0.438. The van der Waals surface area contributed by atoms with Gasteiger partial charge >= 0.3 is 5.97 Å². The van der Waals surface area contributed by atoms with Crippen LogP contribution in [0.3, 0.4) is 0 Å². The normalized spacial score (nSPS) is 17.8. The molecular weight excluding hydrogens is 254 g/mol. The topological polar surface area (TPSA) is 40.5 Å². The number of hydrogen-bond donors (Lipinski definition) is 0. The van der Waals surface area contributed by atoms with Gasteiger partial charge in [-0.2, -0.15) is 0 Å². The molecule has 1 aromatic carbocycles. The average molecular weight is 273 g/mol. The van der Waals surface area contributed by atoms with E-state index in [1.54, 1.807) is 7.11 Å². The fourth-order valence-electron chi connectivity index (χ4n) is 2.94. The molecule has 0 N–H and O–H groups in total. The maximum atomic E-state index is 11.9. The lowest BCUT2D eigenvalue weighted by molar-refractivity contribution is -0.149. The molecule has 0 radical (unpaired) electrons. The van der Waals surface area contributed by atoms with Gasteiger partial charge in [0.1, 0.15) is 5.75 Å².